The van der Waals surface area contributed by atoms with Crippen LogP contribution in [0.3, 0.4) is 0 Å². The molecule has 2 aromatic carbocycles. The summed E-state index contributed by atoms with van der Waals surface area (Å²) in [5.74, 6) is -0.201. The van der Waals surface area contributed by atoms with Crippen LogP contribution in [0.15, 0.2) is 48.5 Å². The number of carbonyl (C=O) groups excluding carboxylic acids is 2. The number of piperazine rings is 1. The first kappa shape index (κ1) is 18.0. The van der Waals surface area contributed by atoms with Crippen LogP contribution < -0.4 is 4.90 Å². The lowest BCUT2D eigenvalue weighted by molar-refractivity contribution is 0.0526. The third-order valence-corrected chi connectivity index (χ3v) is 4.69. The van der Waals surface area contributed by atoms with Gasteiger partial charge in [0.25, 0.3) is 5.91 Å². The summed E-state index contributed by atoms with van der Waals surface area (Å²) >= 11 is 0. The standard InChI is InChI=1S/C21H24N2O3/c1-3-26-21(25)17-8-10-18(11-9-17)22-12-14-23(15-13-22)20(24)19-7-5-4-6-16(19)2/h4-11H,3,12-15H2,1-2H3. The highest BCUT2D eigenvalue weighted by molar-refractivity contribution is 5.95. The Hall–Kier alpha value is -2.82. The quantitative estimate of drug-likeness (QED) is 0.793. The highest BCUT2D eigenvalue weighted by Gasteiger charge is 2.23. The molecule has 26 heavy (non-hydrogen) atoms. The molecule has 1 aliphatic heterocycles. The molecular weight excluding hydrogens is 328 g/mol. The first-order valence-corrected chi connectivity index (χ1v) is 8.97. The maximum absolute atomic E-state index is 12.7. The van der Waals surface area contributed by atoms with Gasteiger partial charge in [-0.2, -0.15) is 0 Å². The highest BCUT2D eigenvalue weighted by Crippen LogP contribution is 2.19. The molecule has 0 saturated carbocycles. The van der Waals surface area contributed by atoms with Crippen LogP contribution in [-0.2, 0) is 4.74 Å². The van der Waals surface area contributed by atoms with E-state index in [1.807, 2.05) is 48.2 Å². The zero-order chi connectivity index (χ0) is 18.5. The topological polar surface area (TPSA) is 49.9 Å². The molecule has 0 unspecified atom stereocenters. The van der Waals surface area contributed by atoms with Crippen LogP contribution >= 0.6 is 0 Å². The third-order valence-electron chi connectivity index (χ3n) is 4.69. The Bertz CT molecular complexity index is 778. The smallest absolute Gasteiger partial charge is 0.338 e. The molecule has 1 fully saturated rings. The summed E-state index contributed by atoms with van der Waals surface area (Å²) in [7, 11) is 0. The zero-order valence-corrected chi connectivity index (χ0v) is 15.3. The van der Waals surface area contributed by atoms with Crippen molar-refractivity contribution >= 4 is 17.6 Å². The van der Waals surface area contributed by atoms with E-state index >= 15 is 0 Å². The first-order valence-electron chi connectivity index (χ1n) is 8.97. The van der Waals surface area contributed by atoms with Gasteiger partial charge < -0.3 is 14.5 Å². The zero-order valence-electron chi connectivity index (χ0n) is 15.3. The molecule has 2 aromatic rings. The van der Waals surface area contributed by atoms with Crippen molar-refractivity contribution in [3.8, 4) is 0 Å². The van der Waals surface area contributed by atoms with Crippen molar-refractivity contribution in [3.05, 3.63) is 65.2 Å². The van der Waals surface area contributed by atoms with Gasteiger partial charge in [-0.05, 0) is 49.7 Å². The first-order chi connectivity index (χ1) is 12.6. The highest BCUT2D eigenvalue weighted by atomic mass is 16.5. The second kappa shape index (κ2) is 8.04. The van der Waals surface area contributed by atoms with Crippen LogP contribution in [0.2, 0.25) is 0 Å². The van der Waals surface area contributed by atoms with Crippen molar-refractivity contribution < 1.29 is 14.3 Å². The molecule has 1 saturated heterocycles. The van der Waals surface area contributed by atoms with Gasteiger partial charge in [-0.3, -0.25) is 4.79 Å². The molecule has 0 bridgehead atoms. The fraction of sp³-hybridized carbons (Fsp3) is 0.333. The SMILES string of the molecule is CCOC(=O)c1ccc(N2CCN(C(=O)c3ccccc3C)CC2)cc1. The molecule has 3 rings (SSSR count). The Kier molecular flexibility index (Phi) is 5.56. The fourth-order valence-corrected chi connectivity index (χ4v) is 3.17. The minimum absolute atomic E-state index is 0.0976. The largest absolute Gasteiger partial charge is 0.462 e. The number of hydrogen-bond donors (Lipinski definition) is 0. The van der Waals surface area contributed by atoms with Gasteiger partial charge >= 0.3 is 5.97 Å². The Balaban J connectivity index is 1.61. The Morgan fingerprint density at radius 3 is 2.23 bits per heavy atom. The fourth-order valence-electron chi connectivity index (χ4n) is 3.17. The number of hydrogen-bond acceptors (Lipinski definition) is 4. The lowest BCUT2D eigenvalue weighted by atomic mass is 10.1. The van der Waals surface area contributed by atoms with E-state index in [0.29, 0.717) is 25.3 Å². The van der Waals surface area contributed by atoms with Gasteiger partial charge in [0.15, 0.2) is 0 Å². The Morgan fingerprint density at radius 1 is 0.962 bits per heavy atom. The van der Waals surface area contributed by atoms with E-state index in [2.05, 4.69) is 4.90 Å². The predicted octanol–water partition coefficient (Wildman–Crippen LogP) is 3.13. The summed E-state index contributed by atoms with van der Waals surface area (Å²) in [6.07, 6.45) is 0. The van der Waals surface area contributed by atoms with Crippen LogP contribution in [0.5, 0.6) is 0 Å². The summed E-state index contributed by atoms with van der Waals surface area (Å²) in [4.78, 5) is 28.6. The second-order valence-electron chi connectivity index (χ2n) is 6.36. The van der Waals surface area contributed by atoms with Crippen LogP contribution in [0.1, 0.15) is 33.2 Å². The van der Waals surface area contributed by atoms with Crippen molar-refractivity contribution in [1.82, 2.24) is 4.90 Å². The molecule has 0 N–H and O–H groups in total. The summed E-state index contributed by atoms with van der Waals surface area (Å²) in [6.45, 7) is 7.06. The summed E-state index contributed by atoms with van der Waals surface area (Å²) in [5.41, 5.74) is 3.40. The van der Waals surface area contributed by atoms with Crippen LogP contribution in [0, 0.1) is 6.92 Å². The minimum Gasteiger partial charge on any atom is -0.462 e. The Morgan fingerprint density at radius 2 is 1.62 bits per heavy atom. The number of nitrogens with zero attached hydrogens (tertiary/aromatic N) is 2. The molecule has 5 nitrogen and oxygen atoms in total. The molecule has 0 radical (unpaired) electrons. The molecule has 0 spiro atoms. The van der Waals surface area contributed by atoms with Gasteiger partial charge in [-0.15, -0.1) is 0 Å². The minimum atomic E-state index is -0.298. The number of benzene rings is 2. The molecule has 1 heterocycles. The number of ether oxygens (including phenoxy) is 1. The number of esters is 1. The molecule has 1 amide bonds. The summed E-state index contributed by atoms with van der Waals surface area (Å²) in [5, 5.41) is 0. The van der Waals surface area contributed by atoms with Crippen molar-refractivity contribution in [2.24, 2.45) is 0 Å². The third kappa shape index (κ3) is 3.87. The average Bonchev–Trinajstić information content (AvgIpc) is 2.68. The van der Waals surface area contributed by atoms with Crippen LogP contribution in [-0.4, -0.2) is 49.6 Å². The molecule has 1 aliphatic rings. The van der Waals surface area contributed by atoms with Gasteiger partial charge in [0, 0.05) is 37.4 Å². The molecule has 0 aliphatic carbocycles. The van der Waals surface area contributed by atoms with Crippen molar-refractivity contribution in [2.45, 2.75) is 13.8 Å². The van der Waals surface area contributed by atoms with E-state index in [0.717, 1.165) is 29.9 Å². The molecular formula is C21H24N2O3. The summed E-state index contributed by atoms with van der Waals surface area (Å²) < 4.78 is 5.01. The van der Waals surface area contributed by atoms with Crippen LogP contribution in [0.25, 0.3) is 0 Å². The maximum Gasteiger partial charge on any atom is 0.338 e. The van der Waals surface area contributed by atoms with E-state index < -0.39 is 0 Å². The van der Waals surface area contributed by atoms with Gasteiger partial charge in [0.1, 0.15) is 0 Å². The van der Waals surface area contributed by atoms with Gasteiger partial charge in [0.2, 0.25) is 0 Å². The summed E-state index contributed by atoms with van der Waals surface area (Å²) in [6, 6.07) is 15.2. The van der Waals surface area contributed by atoms with Crippen molar-refractivity contribution in [1.29, 1.82) is 0 Å². The lowest BCUT2D eigenvalue weighted by Gasteiger charge is -2.36. The van der Waals surface area contributed by atoms with E-state index in [9.17, 15) is 9.59 Å². The number of aryl methyl sites for hydroxylation is 1. The normalized spacial score (nSPS) is 14.2. The van der Waals surface area contributed by atoms with E-state index in [-0.39, 0.29) is 11.9 Å². The predicted molar refractivity (Wildman–Crippen MR) is 102 cm³/mol. The van der Waals surface area contributed by atoms with Crippen LogP contribution in [0.4, 0.5) is 5.69 Å². The average molecular weight is 352 g/mol. The number of carbonyl (C=O) groups is 2. The monoisotopic (exact) mass is 352 g/mol. The van der Waals surface area contributed by atoms with E-state index in [4.69, 9.17) is 4.74 Å². The number of anilines is 1. The number of amides is 1. The van der Waals surface area contributed by atoms with E-state index in [1.54, 1.807) is 19.1 Å². The van der Waals surface area contributed by atoms with Gasteiger partial charge in [-0.25, -0.2) is 4.79 Å². The van der Waals surface area contributed by atoms with Gasteiger partial charge in [-0.1, -0.05) is 18.2 Å². The Labute approximate surface area is 154 Å². The molecule has 136 valence electrons. The van der Waals surface area contributed by atoms with Crippen molar-refractivity contribution in [2.75, 3.05) is 37.7 Å². The maximum atomic E-state index is 12.7. The lowest BCUT2D eigenvalue weighted by Crippen LogP contribution is -2.48. The van der Waals surface area contributed by atoms with Gasteiger partial charge in [0.05, 0.1) is 12.2 Å². The van der Waals surface area contributed by atoms with Crippen molar-refractivity contribution in [3.63, 3.8) is 0 Å². The number of rotatable bonds is 4. The molecule has 5 heteroatoms. The molecule has 0 atom stereocenters. The molecule has 0 aromatic heterocycles. The van der Waals surface area contributed by atoms with E-state index in [1.165, 1.54) is 0 Å². The second-order valence-corrected chi connectivity index (χ2v) is 6.36.